The quantitative estimate of drug-likeness (QED) is 0.775. The lowest BCUT2D eigenvalue weighted by Gasteiger charge is -2.34. The van der Waals surface area contributed by atoms with E-state index in [4.69, 9.17) is 10.4 Å². The fourth-order valence-electron chi connectivity index (χ4n) is 1.91. The minimum Gasteiger partial charge on any atom is -0.478 e. The van der Waals surface area contributed by atoms with Crippen LogP contribution in [0.5, 0.6) is 0 Å². The molecular formula is C12H11N3O3. The molecular weight excluding hydrogens is 234 g/mol. The first-order valence-electron chi connectivity index (χ1n) is 5.30. The number of hydrogen-bond acceptors (Lipinski definition) is 4. The van der Waals surface area contributed by atoms with Gasteiger partial charge in [-0.15, -0.1) is 0 Å². The molecule has 18 heavy (non-hydrogen) atoms. The van der Waals surface area contributed by atoms with Crippen molar-refractivity contribution in [1.29, 1.82) is 5.26 Å². The summed E-state index contributed by atoms with van der Waals surface area (Å²) in [5.74, 6) is -1.21. The van der Waals surface area contributed by atoms with E-state index in [0.717, 1.165) is 0 Å². The van der Waals surface area contributed by atoms with Gasteiger partial charge in [0.05, 0.1) is 29.6 Å². The smallest absolute Gasteiger partial charge is 0.335 e. The van der Waals surface area contributed by atoms with Gasteiger partial charge in [0.2, 0.25) is 5.91 Å². The van der Waals surface area contributed by atoms with Crippen LogP contribution in [-0.2, 0) is 4.79 Å². The number of carboxylic acid groups (broad SMARTS) is 1. The van der Waals surface area contributed by atoms with Crippen LogP contribution < -0.4 is 9.80 Å². The van der Waals surface area contributed by atoms with Crippen LogP contribution in [0, 0.1) is 11.3 Å². The Bertz CT molecular complexity index is 562. The average Bonchev–Trinajstić information content (AvgIpc) is 2.35. The molecule has 1 N–H and O–H groups in total. The largest absolute Gasteiger partial charge is 0.478 e. The molecule has 0 atom stereocenters. The second-order valence-electron chi connectivity index (χ2n) is 3.98. The lowest BCUT2D eigenvalue weighted by atomic mass is 10.1. The summed E-state index contributed by atoms with van der Waals surface area (Å²) in [4.78, 5) is 25.7. The number of aromatic carboxylic acids is 1. The lowest BCUT2D eigenvalue weighted by molar-refractivity contribution is -0.117. The number of carboxylic acids is 1. The second kappa shape index (κ2) is 4.37. The van der Waals surface area contributed by atoms with E-state index in [1.807, 2.05) is 6.07 Å². The molecule has 1 aliphatic rings. The Labute approximate surface area is 104 Å². The third kappa shape index (κ3) is 1.86. The summed E-state index contributed by atoms with van der Waals surface area (Å²) in [6.07, 6.45) is 0. The first-order chi connectivity index (χ1) is 8.54. The van der Waals surface area contributed by atoms with Crippen molar-refractivity contribution >= 4 is 23.3 Å². The Morgan fingerprint density at radius 1 is 1.50 bits per heavy atom. The number of rotatable bonds is 2. The van der Waals surface area contributed by atoms with Crippen LogP contribution in [-0.4, -0.2) is 37.1 Å². The van der Waals surface area contributed by atoms with Crippen molar-refractivity contribution in [3.8, 4) is 6.07 Å². The fourth-order valence-corrected chi connectivity index (χ4v) is 1.91. The summed E-state index contributed by atoms with van der Waals surface area (Å²) in [5, 5.41) is 17.7. The average molecular weight is 245 g/mol. The predicted molar refractivity (Wildman–Crippen MR) is 64.6 cm³/mol. The number of anilines is 2. The van der Waals surface area contributed by atoms with E-state index in [0.29, 0.717) is 11.4 Å². The van der Waals surface area contributed by atoms with Crippen LogP contribution in [0.4, 0.5) is 11.4 Å². The number of carbonyl (C=O) groups is 2. The van der Waals surface area contributed by atoms with Crippen molar-refractivity contribution in [2.75, 3.05) is 29.9 Å². The van der Waals surface area contributed by atoms with Crippen molar-refractivity contribution < 1.29 is 14.7 Å². The van der Waals surface area contributed by atoms with Gasteiger partial charge in [-0.05, 0) is 18.2 Å². The van der Waals surface area contributed by atoms with Crippen molar-refractivity contribution in [1.82, 2.24) is 0 Å². The number of carbonyl (C=O) groups excluding carboxylic acids is 1. The number of fused-ring (bicyclic) bond motifs is 1. The molecule has 0 aromatic heterocycles. The van der Waals surface area contributed by atoms with E-state index in [-0.39, 0.29) is 24.6 Å². The predicted octanol–water partition coefficient (Wildman–Crippen LogP) is 0.691. The normalized spacial score (nSPS) is 14.1. The maximum atomic E-state index is 11.8. The molecule has 1 aromatic rings. The lowest BCUT2D eigenvalue weighted by Crippen LogP contribution is -2.44. The van der Waals surface area contributed by atoms with E-state index in [9.17, 15) is 9.59 Å². The van der Waals surface area contributed by atoms with Crippen LogP contribution in [0.15, 0.2) is 18.2 Å². The van der Waals surface area contributed by atoms with Gasteiger partial charge in [0.15, 0.2) is 0 Å². The molecule has 0 saturated heterocycles. The third-order valence-corrected chi connectivity index (χ3v) is 2.89. The highest BCUT2D eigenvalue weighted by Crippen LogP contribution is 2.33. The summed E-state index contributed by atoms with van der Waals surface area (Å²) in [6, 6.07) is 6.53. The molecule has 6 heteroatoms. The Balaban J connectivity index is 2.52. The number of hydrogen-bond donors (Lipinski definition) is 1. The van der Waals surface area contributed by atoms with E-state index in [1.54, 1.807) is 18.0 Å². The standard InChI is InChI=1S/C12H11N3O3/c1-14-10-6-8(12(17)18)2-3-9(10)15(5-4-13)7-11(14)16/h2-3,6H,5,7H2,1H3,(H,17,18). The first kappa shape index (κ1) is 11.9. The molecule has 0 saturated carbocycles. The topological polar surface area (TPSA) is 84.6 Å². The van der Waals surface area contributed by atoms with Crippen LogP contribution in [0.2, 0.25) is 0 Å². The fraction of sp³-hybridized carbons (Fsp3) is 0.250. The summed E-state index contributed by atoms with van der Waals surface area (Å²) < 4.78 is 0. The van der Waals surface area contributed by atoms with Gasteiger partial charge < -0.3 is 14.9 Å². The monoisotopic (exact) mass is 245 g/mol. The number of benzene rings is 1. The Morgan fingerprint density at radius 2 is 2.22 bits per heavy atom. The van der Waals surface area contributed by atoms with Crippen LogP contribution in [0.3, 0.4) is 0 Å². The molecule has 0 fully saturated rings. The molecule has 1 aromatic carbocycles. The minimum absolute atomic E-state index is 0.0962. The molecule has 92 valence electrons. The highest BCUT2D eigenvalue weighted by Gasteiger charge is 2.27. The van der Waals surface area contributed by atoms with Gasteiger partial charge in [-0.3, -0.25) is 4.79 Å². The zero-order chi connectivity index (χ0) is 13.3. The highest BCUT2D eigenvalue weighted by atomic mass is 16.4. The van der Waals surface area contributed by atoms with Gasteiger partial charge in [0, 0.05) is 7.05 Å². The van der Waals surface area contributed by atoms with E-state index in [1.165, 1.54) is 17.0 Å². The second-order valence-corrected chi connectivity index (χ2v) is 3.98. The van der Waals surface area contributed by atoms with E-state index < -0.39 is 5.97 Å². The summed E-state index contributed by atoms with van der Waals surface area (Å²) in [6.45, 7) is 0.225. The minimum atomic E-state index is -1.05. The van der Waals surface area contributed by atoms with Gasteiger partial charge in [-0.2, -0.15) is 5.26 Å². The molecule has 1 heterocycles. The number of nitrogens with zero attached hydrogens (tertiary/aromatic N) is 3. The molecule has 1 amide bonds. The van der Waals surface area contributed by atoms with Crippen molar-refractivity contribution in [2.45, 2.75) is 0 Å². The number of nitriles is 1. The summed E-state index contributed by atoms with van der Waals surface area (Å²) in [7, 11) is 1.59. The maximum Gasteiger partial charge on any atom is 0.335 e. The third-order valence-electron chi connectivity index (χ3n) is 2.89. The molecule has 6 nitrogen and oxygen atoms in total. The van der Waals surface area contributed by atoms with Crippen molar-refractivity contribution in [3.63, 3.8) is 0 Å². The summed E-state index contributed by atoms with van der Waals surface area (Å²) in [5.41, 5.74) is 1.33. The Kier molecular flexibility index (Phi) is 2.90. The molecule has 0 radical (unpaired) electrons. The van der Waals surface area contributed by atoms with Crippen LogP contribution in [0.25, 0.3) is 0 Å². The van der Waals surface area contributed by atoms with Crippen LogP contribution >= 0.6 is 0 Å². The maximum absolute atomic E-state index is 11.8. The van der Waals surface area contributed by atoms with Gasteiger partial charge in [0.25, 0.3) is 0 Å². The van der Waals surface area contributed by atoms with Gasteiger partial charge in [-0.25, -0.2) is 4.79 Å². The van der Waals surface area contributed by atoms with Gasteiger partial charge >= 0.3 is 5.97 Å². The molecule has 0 unspecified atom stereocenters. The SMILES string of the molecule is CN1C(=O)CN(CC#N)c2ccc(C(=O)O)cc21. The number of amides is 1. The van der Waals surface area contributed by atoms with Crippen molar-refractivity contribution in [3.05, 3.63) is 23.8 Å². The molecule has 1 aliphatic heterocycles. The molecule has 0 spiro atoms. The Morgan fingerprint density at radius 3 is 2.83 bits per heavy atom. The highest BCUT2D eigenvalue weighted by molar-refractivity contribution is 6.04. The van der Waals surface area contributed by atoms with E-state index in [2.05, 4.69) is 0 Å². The summed E-state index contributed by atoms with van der Waals surface area (Å²) >= 11 is 0. The van der Waals surface area contributed by atoms with Gasteiger partial charge in [0.1, 0.15) is 6.54 Å². The zero-order valence-electron chi connectivity index (χ0n) is 9.75. The van der Waals surface area contributed by atoms with Crippen LogP contribution in [0.1, 0.15) is 10.4 Å². The van der Waals surface area contributed by atoms with Gasteiger partial charge in [-0.1, -0.05) is 0 Å². The molecule has 0 aliphatic carbocycles. The zero-order valence-corrected chi connectivity index (χ0v) is 9.75. The Hall–Kier alpha value is -2.55. The first-order valence-corrected chi connectivity index (χ1v) is 5.30. The number of likely N-dealkylation sites (N-methyl/N-ethyl adjacent to an activating group) is 1. The molecule has 0 bridgehead atoms. The molecule has 2 rings (SSSR count). The van der Waals surface area contributed by atoms with E-state index >= 15 is 0 Å². The van der Waals surface area contributed by atoms with Crippen molar-refractivity contribution in [2.24, 2.45) is 0 Å².